The molecule has 1 saturated heterocycles. The summed E-state index contributed by atoms with van der Waals surface area (Å²) in [7, 11) is 0. The quantitative estimate of drug-likeness (QED) is 0.562. The molecule has 2 fully saturated rings. The third-order valence-corrected chi connectivity index (χ3v) is 2.42. The third kappa shape index (κ3) is 1.04. The molecule has 0 aromatic heterocycles. The van der Waals surface area contributed by atoms with Crippen molar-refractivity contribution in [3.05, 3.63) is 0 Å². The van der Waals surface area contributed by atoms with Gasteiger partial charge in [-0.2, -0.15) is 0 Å². The highest BCUT2D eigenvalue weighted by molar-refractivity contribution is 5.89. The second kappa shape index (κ2) is 2.06. The molecule has 0 radical (unpaired) electrons. The normalized spacial score (nSPS) is 33.9. The minimum absolute atomic E-state index is 0.0830. The van der Waals surface area contributed by atoms with E-state index in [0.29, 0.717) is 12.5 Å². The first-order valence-electron chi connectivity index (χ1n) is 3.96. The monoisotopic (exact) mass is 153 g/mol. The molecule has 1 aliphatic carbocycles. The van der Waals surface area contributed by atoms with Gasteiger partial charge in [-0.15, -0.1) is 0 Å². The summed E-state index contributed by atoms with van der Waals surface area (Å²) in [6.07, 6.45) is 1.06. The van der Waals surface area contributed by atoms with Crippen LogP contribution in [0.1, 0.15) is 13.3 Å². The summed E-state index contributed by atoms with van der Waals surface area (Å²) < 4.78 is 0. The van der Waals surface area contributed by atoms with Crippen molar-refractivity contribution < 1.29 is 9.59 Å². The molecule has 0 N–H and O–H groups in total. The Bertz CT molecular complexity index is 224. The van der Waals surface area contributed by atoms with Crippen molar-refractivity contribution in [1.82, 2.24) is 4.90 Å². The first-order valence-corrected chi connectivity index (χ1v) is 3.96. The largest absolute Gasteiger partial charge is 0.335 e. The van der Waals surface area contributed by atoms with Gasteiger partial charge in [0.05, 0.1) is 6.54 Å². The SMILES string of the molecule is CC(=O)CN1CC2CC2C1=O. The lowest BCUT2D eigenvalue weighted by atomic mass is 10.3. The van der Waals surface area contributed by atoms with Gasteiger partial charge >= 0.3 is 0 Å². The molecular formula is C8H11NO2. The molecule has 0 aromatic carbocycles. The Morgan fingerprint density at radius 1 is 1.73 bits per heavy atom. The number of nitrogens with zero attached hydrogens (tertiary/aromatic N) is 1. The molecule has 60 valence electrons. The van der Waals surface area contributed by atoms with E-state index in [1.807, 2.05) is 0 Å². The van der Waals surface area contributed by atoms with Crippen molar-refractivity contribution in [1.29, 1.82) is 0 Å². The van der Waals surface area contributed by atoms with Crippen molar-refractivity contribution in [2.24, 2.45) is 11.8 Å². The maximum atomic E-state index is 11.3. The highest BCUT2D eigenvalue weighted by Crippen LogP contribution is 2.45. The summed E-state index contributed by atoms with van der Waals surface area (Å²) in [6.45, 7) is 2.67. The molecule has 3 heteroatoms. The van der Waals surface area contributed by atoms with Crippen molar-refractivity contribution in [2.75, 3.05) is 13.1 Å². The van der Waals surface area contributed by atoms with Gasteiger partial charge in [0.1, 0.15) is 5.78 Å². The fourth-order valence-electron chi connectivity index (χ4n) is 1.77. The van der Waals surface area contributed by atoms with Crippen LogP contribution in [-0.4, -0.2) is 29.7 Å². The summed E-state index contributed by atoms with van der Waals surface area (Å²) in [5, 5.41) is 0. The second-order valence-corrected chi connectivity index (χ2v) is 3.52. The van der Waals surface area contributed by atoms with E-state index in [1.54, 1.807) is 4.90 Å². The summed E-state index contributed by atoms with van der Waals surface area (Å²) in [6, 6.07) is 0. The molecule has 2 aliphatic rings. The summed E-state index contributed by atoms with van der Waals surface area (Å²) in [4.78, 5) is 23.6. The number of amides is 1. The van der Waals surface area contributed by atoms with Gasteiger partial charge in [-0.1, -0.05) is 0 Å². The maximum Gasteiger partial charge on any atom is 0.226 e. The van der Waals surface area contributed by atoms with Crippen LogP contribution in [-0.2, 0) is 9.59 Å². The van der Waals surface area contributed by atoms with Gasteiger partial charge < -0.3 is 4.90 Å². The number of piperidine rings is 1. The molecule has 2 rings (SSSR count). The first-order chi connectivity index (χ1) is 5.18. The third-order valence-electron chi connectivity index (χ3n) is 2.42. The Balaban J connectivity index is 1.96. The van der Waals surface area contributed by atoms with Crippen molar-refractivity contribution in [3.8, 4) is 0 Å². The van der Waals surface area contributed by atoms with E-state index < -0.39 is 0 Å². The molecule has 0 aromatic rings. The van der Waals surface area contributed by atoms with E-state index >= 15 is 0 Å². The Kier molecular flexibility index (Phi) is 1.28. The zero-order valence-electron chi connectivity index (χ0n) is 6.54. The van der Waals surface area contributed by atoms with Crippen molar-refractivity contribution in [2.45, 2.75) is 13.3 Å². The number of hydrogen-bond donors (Lipinski definition) is 0. The number of carbonyl (C=O) groups is 2. The number of fused-ring (bicyclic) bond motifs is 1. The van der Waals surface area contributed by atoms with E-state index in [2.05, 4.69) is 0 Å². The Morgan fingerprint density at radius 3 is 2.91 bits per heavy atom. The van der Waals surface area contributed by atoms with E-state index in [9.17, 15) is 9.59 Å². The van der Waals surface area contributed by atoms with Crippen LogP contribution in [0, 0.1) is 11.8 Å². The fourth-order valence-corrected chi connectivity index (χ4v) is 1.77. The van der Waals surface area contributed by atoms with Crippen LogP contribution in [0.15, 0.2) is 0 Å². The van der Waals surface area contributed by atoms with Crippen LogP contribution in [0.3, 0.4) is 0 Å². The van der Waals surface area contributed by atoms with Crippen LogP contribution in [0.25, 0.3) is 0 Å². The number of likely N-dealkylation sites (tertiary alicyclic amines) is 1. The van der Waals surface area contributed by atoms with Crippen LogP contribution in [0.4, 0.5) is 0 Å². The molecule has 1 aliphatic heterocycles. The predicted octanol–water partition coefficient (Wildman–Crippen LogP) is 0.0537. The average molecular weight is 153 g/mol. The van der Waals surface area contributed by atoms with Crippen molar-refractivity contribution in [3.63, 3.8) is 0 Å². The zero-order valence-corrected chi connectivity index (χ0v) is 6.54. The van der Waals surface area contributed by atoms with Gasteiger partial charge in [0.15, 0.2) is 0 Å². The van der Waals surface area contributed by atoms with Gasteiger partial charge in [0.25, 0.3) is 0 Å². The van der Waals surface area contributed by atoms with Crippen LogP contribution < -0.4 is 0 Å². The number of ketones is 1. The molecule has 0 spiro atoms. The molecule has 11 heavy (non-hydrogen) atoms. The molecule has 1 saturated carbocycles. The van der Waals surface area contributed by atoms with Crippen LogP contribution >= 0.6 is 0 Å². The number of rotatable bonds is 2. The lowest BCUT2D eigenvalue weighted by Gasteiger charge is -2.15. The lowest BCUT2D eigenvalue weighted by molar-refractivity contribution is -0.133. The lowest BCUT2D eigenvalue weighted by Crippen LogP contribution is -2.32. The van der Waals surface area contributed by atoms with Gasteiger partial charge in [0.2, 0.25) is 5.91 Å². The number of Topliss-reactive ketones (excluding diaryl/α,β-unsaturated/α-hetero) is 1. The van der Waals surface area contributed by atoms with Crippen molar-refractivity contribution >= 4 is 11.7 Å². The molecule has 1 amide bonds. The number of carbonyl (C=O) groups excluding carboxylic acids is 2. The molecule has 2 atom stereocenters. The van der Waals surface area contributed by atoms with Crippen LogP contribution in [0.2, 0.25) is 0 Å². The van der Waals surface area contributed by atoms with Gasteiger partial charge in [-0.3, -0.25) is 9.59 Å². The van der Waals surface area contributed by atoms with Gasteiger partial charge in [0, 0.05) is 12.5 Å². The van der Waals surface area contributed by atoms with E-state index in [0.717, 1.165) is 13.0 Å². The standard InChI is InChI=1S/C8H11NO2/c1-5(10)3-9-4-6-2-7(6)8(9)11/h6-7H,2-4H2,1H3. The van der Waals surface area contributed by atoms with E-state index in [4.69, 9.17) is 0 Å². The average Bonchev–Trinajstić information content (AvgIpc) is 2.58. The van der Waals surface area contributed by atoms with Gasteiger partial charge in [-0.05, 0) is 19.3 Å². The molecule has 2 unspecified atom stereocenters. The molecule has 3 nitrogen and oxygen atoms in total. The minimum Gasteiger partial charge on any atom is -0.335 e. The van der Waals surface area contributed by atoms with Crippen LogP contribution in [0.5, 0.6) is 0 Å². The summed E-state index contributed by atoms with van der Waals surface area (Å²) in [5.41, 5.74) is 0. The predicted molar refractivity (Wildman–Crippen MR) is 38.9 cm³/mol. The molecule has 1 heterocycles. The van der Waals surface area contributed by atoms with Gasteiger partial charge in [-0.25, -0.2) is 0 Å². The maximum absolute atomic E-state index is 11.3. The smallest absolute Gasteiger partial charge is 0.226 e. The summed E-state index contributed by atoms with van der Waals surface area (Å²) >= 11 is 0. The Labute approximate surface area is 65.4 Å². The molecular weight excluding hydrogens is 142 g/mol. The first kappa shape index (κ1) is 6.83. The highest BCUT2D eigenvalue weighted by atomic mass is 16.2. The van der Waals surface area contributed by atoms with E-state index in [-0.39, 0.29) is 17.6 Å². The number of hydrogen-bond acceptors (Lipinski definition) is 2. The molecule has 0 bridgehead atoms. The minimum atomic E-state index is 0.0830. The summed E-state index contributed by atoms with van der Waals surface area (Å²) in [5.74, 6) is 1.15. The zero-order chi connectivity index (χ0) is 8.01. The topological polar surface area (TPSA) is 37.4 Å². The Hall–Kier alpha value is -0.860. The van der Waals surface area contributed by atoms with E-state index in [1.165, 1.54) is 6.92 Å². The fraction of sp³-hybridized carbons (Fsp3) is 0.750. The second-order valence-electron chi connectivity index (χ2n) is 3.52. The Morgan fingerprint density at radius 2 is 2.45 bits per heavy atom. The highest BCUT2D eigenvalue weighted by Gasteiger charge is 2.51.